The van der Waals surface area contributed by atoms with E-state index < -0.39 is 0 Å². The van der Waals surface area contributed by atoms with Crippen molar-refractivity contribution in [1.29, 1.82) is 0 Å². The van der Waals surface area contributed by atoms with Gasteiger partial charge in [-0.15, -0.1) is 0 Å². The molecule has 1 rings (SSSR count). The third-order valence-electron chi connectivity index (χ3n) is 2.22. The standard InChI is InChI=1S/C12H17NO/c1-4-13-12(14)8-11-6-5-9(2)7-10(11)3/h5-7H,4,8H2,1-3H3,(H,13,14). The third kappa shape index (κ3) is 2.87. The minimum Gasteiger partial charge on any atom is -0.356 e. The van der Waals surface area contributed by atoms with Crippen LogP contribution in [0.4, 0.5) is 0 Å². The molecule has 0 bridgehead atoms. The molecule has 14 heavy (non-hydrogen) atoms. The van der Waals surface area contributed by atoms with Gasteiger partial charge in [-0.1, -0.05) is 23.8 Å². The number of hydrogen-bond acceptors (Lipinski definition) is 1. The van der Waals surface area contributed by atoms with Crippen LogP contribution in [0.3, 0.4) is 0 Å². The number of hydrogen-bond donors (Lipinski definition) is 1. The van der Waals surface area contributed by atoms with E-state index in [1.165, 1.54) is 11.1 Å². The largest absolute Gasteiger partial charge is 0.356 e. The first-order valence-electron chi connectivity index (χ1n) is 4.96. The highest BCUT2D eigenvalue weighted by molar-refractivity contribution is 5.78. The quantitative estimate of drug-likeness (QED) is 0.777. The Balaban J connectivity index is 2.72. The van der Waals surface area contributed by atoms with Crippen LogP contribution < -0.4 is 5.32 Å². The van der Waals surface area contributed by atoms with Crippen molar-refractivity contribution in [3.05, 3.63) is 34.9 Å². The van der Waals surface area contributed by atoms with Gasteiger partial charge in [0.2, 0.25) is 5.91 Å². The molecular weight excluding hydrogens is 174 g/mol. The second-order valence-electron chi connectivity index (χ2n) is 3.56. The van der Waals surface area contributed by atoms with E-state index in [4.69, 9.17) is 0 Å². The van der Waals surface area contributed by atoms with Gasteiger partial charge in [0.1, 0.15) is 0 Å². The fourth-order valence-electron chi connectivity index (χ4n) is 1.48. The number of likely N-dealkylation sites (N-methyl/N-ethyl adjacent to an activating group) is 1. The summed E-state index contributed by atoms with van der Waals surface area (Å²) in [5.41, 5.74) is 3.54. The molecule has 2 heteroatoms. The zero-order valence-electron chi connectivity index (χ0n) is 9.05. The molecule has 0 saturated carbocycles. The number of amides is 1. The van der Waals surface area contributed by atoms with E-state index in [9.17, 15) is 4.79 Å². The molecule has 1 aromatic rings. The van der Waals surface area contributed by atoms with E-state index in [1.54, 1.807) is 0 Å². The molecule has 0 heterocycles. The molecule has 0 radical (unpaired) electrons. The average Bonchev–Trinajstić information content (AvgIpc) is 2.10. The predicted octanol–water partition coefficient (Wildman–Crippen LogP) is 1.98. The van der Waals surface area contributed by atoms with Crippen molar-refractivity contribution in [3.8, 4) is 0 Å². The number of carbonyl (C=O) groups is 1. The summed E-state index contributed by atoms with van der Waals surface area (Å²) in [5, 5.41) is 2.80. The van der Waals surface area contributed by atoms with Gasteiger partial charge in [-0.2, -0.15) is 0 Å². The maximum atomic E-state index is 11.3. The second kappa shape index (κ2) is 4.80. The maximum Gasteiger partial charge on any atom is 0.224 e. The Hall–Kier alpha value is -1.31. The van der Waals surface area contributed by atoms with Gasteiger partial charge in [0.05, 0.1) is 6.42 Å². The van der Waals surface area contributed by atoms with E-state index in [1.807, 2.05) is 26.0 Å². The summed E-state index contributed by atoms with van der Waals surface area (Å²) >= 11 is 0. The SMILES string of the molecule is CCNC(=O)Cc1ccc(C)cc1C. The molecule has 0 atom stereocenters. The van der Waals surface area contributed by atoms with Crippen molar-refractivity contribution >= 4 is 5.91 Å². The highest BCUT2D eigenvalue weighted by Gasteiger charge is 2.04. The molecule has 1 N–H and O–H groups in total. The topological polar surface area (TPSA) is 29.1 Å². The Morgan fingerprint density at radius 1 is 1.36 bits per heavy atom. The number of nitrogens with one attached hydrogen (secondary N) is 1. The molecule has 0 fully saturated rings. The first-order chi connectivity index (χ1) is 6.63. The molecule has 0 aliphatic rings. The minimum atomic E-state index is 0.0967. The maximum absolute atomic E-state index is 11.3. The molecule has 1 amide bonds. The first-order valence-corrected chi connectivity index (χ1v) is 4.96. The number of carbonyl (C=O) groups excluding carboxylic acids is 1. The van der Waals surface area contributed by atoms with Gasteiger partial charge in [-0.05, 0) is 31.9 Å². The molecule has 0 aromatic heterocycles. The van der Waals surface area contributed by atoms with Crippen LogP contribution in [0.5, 0.6) is 0 Å². The molecule has 1 aromatic carbocycles. The van der Waals surface area contributed by atoms with Crippen molar-refractivity contribution in [2.45, 2.75) is 27.2 Å². The summed E-state index contributed by atoms with van der Waals surface area (Å²) in [6.45, 7) is 6.73. The first kappa shape index (κ1) is 10.8. The molecule has 0 saturated heterocycles. The van der Waals surface area contributed by atoms with Gasteiger partial charge in [-0.25, -0.2) is 0 Å². The third-order valence-corrected chi connectivity index (χ3v) is 2.22. The summed E-state index contributed by atoms with van der Waals surface area (Å²) in [5.74, 6) is 0.0967. The number of benzene rings is 1. The fraction of sp³-hybridized carbons (Fsp3) is 0.417. The lowest BCUT2D eigenvalue weighted by atomic mass is 10.0. The van der Waals surface area contributed by atoms with Crippen LogP contribution in [0.2, 0.25) is 0 Å². The fourth-order valence-corrected chi connectivity index (χ4v) is 1.48. The Morgan fingerprint density at radius 3 is 2.64 bits per heavy atom. The Morgan fingerprint density at radius 2 is 2.07 bits per heavy atom. The monoisotopic (exact) mass is 191 g/mol. The number of rotatable bonds is 3. The lowest BCUT2D eigenvalue weighted by Crippen LogP contribution is -2.24. The zero-order valence-corrected chi connectivity index (χ0v) is 9.05. The summed E-state index contributed by atoms with van der Waals surface area (Å²) in [6.07, 6.45) is 0.486. The Labute approximate surface area is 85.3 Å². The molecule has 0 aliphatic carbocycles. The van der Waals surface area contributed by atoms with Crippen molar-refractivity contribution in [3.63, 3.8) is 0 Å². The van der Waals surface area contributed by atoms with E-state index in [-0.39, 0.29) is 5.91 Å². The Bertz CT molecular complexity index is 331. The van der Waals surface area contributed by atoms with E-state index in [2.05, 4.69) is 18.3 Å². The predicted molar refractivity (Wildman–Crippen MR) is 58.3 cm³/mol. The highest BCUT2D eigenvalue weighted by Crippen LogP contribution is 2.10. The van der Waals surface area contributed by atoms with Crippen molar-refractivity contribution < 1.29 is 4.79 Å². The van der Waals surface area contributed by atoms with Crippen LogP contribution >= 0.6 is 0 Å². The smallest absolute Gasteiger partial charge is 0.224 e. The summed E-state index contributed by atoms with van der Waals surface area (Å²) < 4.78 is 0. The molecule has 0 aliphatic heterocycles. The lowest BCUT2D eigenvalue weighted by molar-refractivity contribution is -0.120. The normalized spacial score (nSPS) is 9.93. The summed E-state index contributed by atoms with van der Waals surface area (Å²) in [4.78, 5) is 11.3. The lowest BCUT2D eigenvalue weighted by Gasteiger charge is -2.06. The number of aryl methyl sites for hydroxylation is 2. The van der Waals surface area contributed by atoms with Crippen LogP contribution in [0.15, 0.2) is 18.2 Å². The molecular formula is C12H17NO. The summed E-state index contributed by atoms with van der Waals surface area (Å²) in [6, 6.07) is 6.18. The van der Waals surface area contributed by atoms with E-state index in [0.717, 1.165) is 5.56 Å². The van der Waals surface area contributed by atoms with Crippen LogP contribution in [0.25, 0.3) is 0 Å². The van der Waals surface area contributed by atoms with Crippen molar-refractivity contribution in [1.82, 2.24) is 5.32 Å². The summed E-state index contributed by atoms with van der Waals surface area (Å²) in [7, 11) is 0. The molecule has 0 spiro atoms. The van der Waals surface area contributed by atoms with E-state index >= 15 is 0 Å². The molecule has 76 valence electrons. The molecule has 2 nitrogen and oxygen atoms in total. The van der Waals surface area contributed by atoms with Gasteiger partial charge in [0.25, 0.3) is 0 Å². The van der Waals surface area contributed by atoms with Crippen LogP contribution in [0.1, 0.15) is 23.6 Å². The van der Waals surface area contributed by atoms with Crippen LogP contribution in [-0.4, -0.2) is 12.5 Å². The van der Waals surface area contributed by atoms with Gasteiger partial charge in [0.15, 0.2) is 0 Å². The van der Waals surface area contributed by atoms with Crippen molar-refractivity contribution in [2.24, 2.45) is 0 Å². The van der Waals surface area contributed by atoms with Crippen molar-refractivity contribution in [2.75, 3.05) is 6.54 Å². The van der Waals surface area contributed by atoms with Gasteiger partial charge >= 0.3 is 0 Å². The average molecular weight is 191 g/mol. The van der Waals surface area contributed by atoms with Crippen LogP contribution in [-0.2, 0) is 11.2 Å². The second-order valence-corrected chi connectivity index (χ2v) is 3.56. The minimum absolute atomic E-state index is 0.0967. The highest BCUT2D eigenvalue weighted by atomic mass is 16.1. The van der Waals surface area contributed by atoms with Crippen LogP contribution in [0, 0.1) is 13.8 Å². The Kier molecular flexibility index (Phi) is 3.69. The zero-order chi connectivity index (χ0) is 10.6. The van der Waals surface area contributed by atoms with Gasteiger partial charge < -0.3 is 5.32 Å². The molecule has 0 unspecified atom stereocenters. The van der Waals surface area contributed by atoms with Gasteiger partial charge in [0, 0.05) is 6.54 Å². The van der Waals surface area contributed by atoms with E-state index in [0.29, 0.717) is 13.0 Å². The van der Waals surface area contributed by atoms with Gasteiger partial charge in [-0.3, -0.25) is 4.79 Å².